The quantitative estimate of drug-likeness (QED) is 0.595. The van der Waals surface area contributed by atoms with Crippen molar-refractivity contribution in [2.75, 3.05) is 38.7 Å². The number of para-hydroxylation sites is 2. The number of fused-ring (bicyclic) bond motifs is 2. The van der Waals surface area contributed by atoms with Gasteiger partial charge in [-0.15, -0.1) is 36.2 Å². The molecule has 2 aliphatic heterocycles. The predicted molar refractivity (Wildman–Crippen MR) is 127 cm³/mol. The van der Waals surface area contributed by atoms with Gasteiger partial charge < -0.3 is 20.3 Å². The van der Waals surface area contributed by atoms with E-state index in [2.05, 4.69) is 20.5 Å². The summed E-state index contributed by atoms with van der Waals surface area (Å²) in [6, 6.07) is 7.92. The summed E-state index contributed by atoms with van der Waals surface area (Å²) in [6.07, 6.45) is -4.34. The molecule has 2 aliphatic rings. The third-order valence-corrected chi connectivity index (χ3v) is 6.14. The first-order valence-electron chi connectivity index (χ1n) is 9.92. The van der Waals surface area contributed by atoms with Gasteiger partial charge in [-0.1, -0.05) is 12.1 Å². The topological polar surface area (TPSA) is 61.8 Å². The van der Waals surface area contributed by atoms with Crippen LogP contribution in [0.3, 0.4) is 0 Å². The van der Waals surface area contributed by atoms with E-state index in [4.69, 9.17) is 9.73 Å². The van der Waals surface area contributed by atoms with Crippen LogP contribution >= 0.6 is 36.2 Å². The predicted octanol–water partition coefficient (Wildman–Crippen LogP) is 4.93. The number of aliphatic imine (C=N–C) groups is 1. The number of amidine groups is 1. The van der Waals surface area contributed by atoms with Crippen molar-refractivity contribution in [3.05, 3.63) is 35.0 Å². The first-order valence-corrected chi connectivity index (χ1v) is 10.7. The molecule has 1 aromatic carbocycles. The lowest BCUT2D eigenvalue weighted by Crippen LogP contribution is -2.53. The van der Waals surface area contributed by atoms with E-state index in [0.29, 0.717) is 23.1 Å². The number of aromatic nitrogens is 1. The lowest BCUT2D eigenvalue weighted by molar-refractivity contribution is -0.134. The first-order chi connectivity index (χ1) is 14.4. The molecule has 2 aromatic rings. The van der Waals surface area contributed by atoms with Crippen LogP contribution in [0.15, 0.2) is 29.3 Å². The van der Waals surface area contributed by atoms with Crippen molar-refractivity contribution < 1.29 is 17.9 Å². The molecule has 0 unspecified atom stereocenters. The van der Waals surface area contributed by atoms with Crippen LogP contribution in [-0.4, -0.2) is 61.3 Å². The molecule has 12 heteroatoms. The molecule has 4 rings (SSSR count). The molecule has 6 nitrogen and oxygen atoms in total. The molecular formula is C20H26Cl2F3N5OS. The number of halogens is 5. The minimum absolute atomic E-state index is 0. The van der Waals surface area contributed by atoms with Crippen molar-refractivity contribution in [2.45, 2.75) is 31.5 Å². The second-order valence-electron chi connectivity index (χ2n) is 7.36. The molecule has 0 radical (unpaired) electrons. The van der Waals surface area contributed by atoms with E-state index < -0.39 is 12.6 Å². The number of thiazole rings is 1. The number of benzene rings is 1. The van der Waals surface area contributed by atoms with Crippen LogP contribution in [0.25, 0.3) is 0 Å². The summed E-state index contributed by atoms with van der Waals surface area (Å²) in [5.74, 6) is 0.709. The standard InChI is InChI=1S/C20H24F3N5OS.2ClH/c1-29-11-7-13-12-28(10-9-24-13)18-17-19(26-15-5-3-2-4-14(15)25-18)30-16(27-17)6-8-20(21,22)23;;/h2-5,13,24,26H,6-12H2,1H3;2*1H/t13-;;/m0../s1. The Kier molecular flexibility index (Phi) is 9.59. The fourth-order valence-corrected chi connectivity index (χ4v) is 4.59. The van der Waals surface area contributed by atoms with Crippen molar-refractivity contribution in [1.82, 2.24) is 15.2 Å². The maximum Gasteiger partial charge on any atom is 0.389 e. The summed E-state index contributed by atoms with van der Waals surface area (Å²) in [6.45, 7) is 2.94. The molecular weight excluding hydrogens is 486 g/mol. The van der Waals surface area contributed by atoms with Crippen LogP contribution in [0.4, 0.5) is 29.5 Å². The zero-order chi connectivity index (χ0) is 21.1. The van der Waals surface area contributed by atoms with Crippen LogP contribution in [-0.2, 0) is 11.2 Å². The van der Waals surface area contributed by atoms with Gasteiger partial charge in [0, 0.05) is 52.2 Å². The summed E-state index contributed by atoms with van der Waals surface area (Å²) in [5, 5.41) is 8.02. The Labute approximate surface area is 201 Å². The minimum atomic E-state index is -4.20. The molecule has 0 saturated carbocycles. The Hall–Kier alpha value is -1.59. The number of nitrogens with zero attached hydrogens (tertiary/aromatic N) is 3. The Morgan fingerprint density at radius 2 is 2.03 bits per heavy atom. The van der Waals surface area contributed by atoms with Gasteiger partial charge in [0.25, 0.3) is 0 Å². The van der Waals surface area contributed by atoms with E-state index in [1.165, 1.54) is 11.3 Å². The Balaban J connectivity index is 0.00000181. The van der Waals surface area contributed by atoms with E-state index in [1.54, 1.807) is 7.11 Å². The number of hydrogen-bond donors (Lipinski definition) is 2. The van der Waals surface area contributed by atoms with E-state index in [0.717, 1.165) is 42.4 Å². The van der Waals surface area contributed by atoms with E-state index in [9.17, 15) is 13.2 Å². The molecule has 0 amide bonds. The zero-order valence-electron chi connectivity index (χ0n) is 17.4. The van der Waals surface area contributed by atoms with Crippen molar-refractivity contribution >= 4 is 58.4 Å². The zero-order valence-corrected chi connectivity index (χ0v) is 19.9. The summed E-state index contributed by atoms with van der Waals surface area (Å²) in [7, 11) is 1.68. The van der Waals surface area contributed by atoms with Crippen molar-refractivity contribution in [3.63, 3.8) is 0 Å². The smallest absolute Gasteiger partial charge is 0.385 e. The highest BCUT2D eigenvalue weighted by Crippen LogP contribution is 2.38. The number of alkyl halides is 3. The molecule has 2 N–H and O–H groups in total. The van der Waals surface area contributed by atoms with Crippen LogP contribution < -0.4 is 10.6 Å². The molecule has 0 bridgehead atoms. The molecule has 1 aromatic heterocycles. The van der Waals surface area contributed by atoms with Crippen LogP contribution in [0.1, 0.15) is 23.5 Å². The number of methoxy groups -OCH3 is 1. The molecule has 1 fully saturated rings. The number of anilines is 2. The molecule has 178 valence electrons. The molecule has 32 heavy (non-hydrogen) atoms. The second kappa shape index (κ2) is 11.5. The monoisotopic (exact) mass is 511 g/mol. The fraction of sp³-hybridized carbons (Fsp3) is 0.500. The van der Waals surface area contributed by atoms with E-state index >= 15 is 0 Å². The average Bonchev–Trinajstić information content (AvgIpc) is 3.05. The Morgan fingerprint density at radius 1 is 1.25 bits per heavy atom. The molecule has 1 saturated heterocycles. The normalized spacial score (nSPS) is 17.7. The van der Waals surface area contributed by atoms with E-state index in [-0.39, 0.29) is 37.3 Å². The van der Waals surface area contributed by atoms with Gasteiger partial charge in [0.2, 0.25) is 0 Å². The van der Waals surface area contributed by atoms with Gasteiger partial charge in [-0.3, -0.25) is 0 Å². The minimum Gasteiger partial charge on any atom is -0.385 e. The number of aryl methyl sites for hydroxylation is 1. The van der Waals surface area contributed by atoms with Gasteiger partial charge in [-0.2, -0.15) is 13.2 Å². The van der Waals surface area contributed by atoms with Gasteiger partial charge >= 0.3 is 6.18 Å². The average molecular weight is 512 g/mol. The highest BCUT2D eigenvalue weighted by molar-refractivity contribution is 7.16. The summed E-state index contributed by atoms with van der Waals surface area (Å²) < 4.78 is 43.3. The van der Waals surface area contributed by atoms with Gasteiger partial charge in [-0.05, 0) is 18.6 Å². The summed E-state index contributed by atoms with van der Waals surface area (Å²) in [5.41, 5.74) is 2.24. The lowest BCUT2D eigenvalue weighted by atomic mass is 10.1. The van der Waals surface area contributed by atoms with Crippen molar-refractivity contribution in [1.29, 1.82) is 0 Å². The summed E-state index contributed by atoms with van der Waals surface area (Å²) >= 11 is 1.27. The molecule has 1 atom stereocenters. The summed E-state index contributed by atoms with van der Waals surface area (Å²) in [4.78, 5) is 11.6. The van der Waals surface area contributed by atoms with Gasteiger partial charge in [-0.25, -0.2) is 9.98 Å². The largest absolute Gasteiger partial charge is 0.389 e. The maximum absolute atomic E-state index is 12.7. The van der Waals surface area contributed by atoms with E-state index in [1.807, 2.05) is 24.3 Å². The van der Waals surface area contributed by atoms with Gasteiger partial charge in [0.1, 0.15) is 10.7 Å². The number of ether oxygens (including phenoxy) is 1. The third kappa shape index (κ3) is 6.48. The first kappa shape index (κ1) is 26.7. The van der Waals surface area contributed by atoms with Gasteiger partial charge in [0.15, 0.2) is 5.84 Å². The highest BCUT2D eigenvalue weighted by Gasteiger charge is 2.31. The number of nitrogens with one attached hydrogen (secondary N) is 2. The van der Waals surface area contributed by atoms with Crippen LogP contribution in [0.2, 0.25) is 0 Å². The second-order valence-corrected chi connectivity index (χ2v) is 8.44. The van der Waals surface area contributed by atoms with Crippen molar-refractivity contribution in [3.8, 4) is 0 Å². The molecule has 0 spiro atoms. The maximum atomic E-state index is 12.7. The van der Waals surface area contributed by atoms with Crippen LogP contribution in [0.5, 0.6) is 0 Å². The Morgan fingerprint density at radius 3 is 2.78 bits per heavy atom. The number of piperazine rings is 1. The van der Waals surface area contributed by atoms with Crippen LogP contribution in [0, 0.1) is 0 Å². The third-order valence-electron chi connectivity index (χ3n) is 5.11. The Bertz CT molecular complexity index is 925. The number of rotatable bonds is 5. The molecule has 3 heterocycles. The van der Waals surface area contributed by atoms with Crippen molar-refractivity contribution in [2.24, 2.45) is 4.99 Å². The lowest BCUT2D eigenvalue weighted by Gasteiger charge is -2.35. The SMILES string of the molecule is COCC[C@H]1CN(C2=Nc3ccccc3Nc3sc(CCC(F)(F)F)nc32)CCN1.Cl.Cl. The highest BCUT2D eigenvalue weighted by atomic mass is 35.5. The fourth-order valence-electron chi connectivity index (χ4n) is 3.61. The molecule has 0 aliphatic carbocycles. The number of hydrogen-bond acceptors (Lipinski definition) is 7. The van der Waals surface area contributed by atoms with Gasteiger partial charge in [0.05, 0.1) is 16.4 Å².